The van der Waals surface area contributed by atoms with E-state index in [1.165, 1.54) is 0 Å². The lowest BCUT2D eigenvalue weighted by molar-refractivity contribution is -0.135. The Morgan fingerprint density at radius 1 is 1.35 bits per heavy atom. The summed E-state index contributed by atoms with van der Waals surface area (Å²) in [6.45, 7) is 13.1. The van der Waals surface area contributed by atoms with Crippen molar-refractivity contribution in [3.8, 4) is 0 Å². The number of hydrogen-bond acceptors (Lipinski definition) is 4. The maximum Gasteiger partial charge on any atom is 0.222 e. The highest BCUT2D eigenvalue weighted by Gasteiger charge is 2.20. The Hall–Kier alpha value is -0.650. The number of nitrogens with two attached hydrogens (primary N) is 1. The van der Waals surface area contributed by atoms with Crippen molar-refractivity contribution in [3.05, 3.63) is 0 Å². The summed E-state index contributed by atoms with van der Waals surface area (Å²) < 4.78 is 5.26. The molecule has 0 radical (unpaired) electrons. The molecule has 5 nitrogen and oxygen atoms in total. The normalized spacial score (nSPS) is 16.8. The van der Waals surface area contributed by atoms with Crippen molar-refractivity contribution in [2.45, 2.75) is 33.6 Å². The van der Waals surface area contributed by atoms with Crippen LogP contribution in [-0.2, 0) is 9.53 Å². The highest BCUT2D eigenvalue weighted by molar-refractivity contribution is 5.76. The van der Waals surface area contributed by atoms with Gasteiger partial charge in [0.15, 0.2) is 0 Å². The van der Waals surface area contributed by atoms with Crippen LogP contribution < -0.4 is 5.73 Å². The summed E-state index contributed by atoms with van der Waals surface area (Å²) in [5, 5.41) is 0. The Labute approximate surface area is 123 Å². The van der Waals surface area contributed by atoms with Crippen molar-refractivity contribution < 1.29 is 9.53 Å². The van der Waals surface area contributed by atoms with Crippen LogP contribution in [0.3, 0.4) is 0 Å². The fourth-order valence-electron chi connectivity index (χ4n) is 2.44. The van der Waals surface area contributed by atoms with E-state index in [4.69, 9.17) is 10.5 Å². The number of nitrogens with zero attached hydrogens (tertiary/aromatic N) is 2. The van der Waals surface area contributed by atoms with Crippen LogP contribution in [0.1, 0.15) is 33.6 Å². The average Bonchev–Trinajstić information content (AvgIpc) is 2.46. The summed E-state index contributed by atoms with van der Waals surface area (Å²) in [4.78, 5) is 16.3. The summed E-state index contributed by atoms with van der Waals surface area (Å²) in [6.07, 6.45) is 1.56. The highest BCUT2D eigenvalue weighted by Crippen LogP contribution is 2.15. The van der Waals surface area contributed by atoms with Crippen LogP contribution in [0.5, 0.6) is 0 Å². The van der Waals surface area contributed by atoms with Crippen molar-refractivity contribution in [2.75, 3.05) is 52.5 Å². The molecule has 0 bridgehead atoms. The number of hydrogen-bond donors (Lipinski definition) is 1. The molecule has 2 N–H and O–H groups in total. The van der Waals surface area contributed by atoms with E-state index in [0.717, 1.165) is 39.1 Å². The molecule has 1 aliphatic rings. The van der Waals surface area contributed by atoms with E-state index in [2.05, 4.69) is 25.7 Å². The largest absolute Gasteiger partial charge is 0.378 e. The Kier molecular flexibility index (Phi) is 7.48. The average molecular weight is 285 g/mol. The molecule has 1 fully saturated rings. The molecule has 0 atom stereocenters. The lowest BCUT2D eigenvalue weighted by atomic mass is 9.93. The molecule has 0 unspecified atom stereocenters. The first-order chi connectivity index (χ1) is 9.48. The van der Waals surface area contributed by atoms with Crippen LogP contribution >= 0.6 is 0 Å². The van der Waals surface area contributed by atoms with E-state index in [0.29, 0.717) is 26.2 Å². The third kappa shape index (κ3) is 6.20. The van der Waals surface area contributed by atoms with E-state index in [1.807, 2.05) is 4.90 Å². The van der Waals surface area contributed by atoms with Gasteiger partial charge >= 0.3 is 0 Å². The van der Waals surface area contributed by atoms with Gasteiger partial charge in [-0.05, 0) is 31.5 Å². The molecule has 1 amide bonds. The van der Waals surface area contributed by atoms with E-state index >= 15 is 0 Å². The number of rotatable bonds is 8. The molecule has 1 rings (SSSR count). The molecule has 0 aromatic rings. The van der Waals surface area contributed by atoms with Gasteiger partial charge in [-0.2, -0.15) is 0 Å². The maximum atomic E-state index is 12.0. The third-order valence-electron chi connectivity index (χ3n) is 3.88. The van der Waals surface area contributed by atoms with E-state index in [9.17, 15) is 4.79 Å². The van der Waals surface area contributed by atoms with Crippen LogP contribution in [0.15, 0.2) is 0 Å². The van der Waals surface area contributed by atoms with Gasteiger partial charge in [-0.3, -0.25) is 4.79 Å². The molecular weight excluding hydrogens is 254 g/mol. The van der Waals surface area contributed by atoms with Gasteiger partial charge in [0.25, 0.3) is 0 Å². The second-order valence-electron chi connectivity index (χ2n) is 6.33. The van der Waals surface area contributed by atoms with Gasteiger partial charge in [-0.1, -0.05) is 20.8 Å². The van der Waals surface area contributed by atoms with Gasteiger partial charge in [0.2, 0.25) is 5.91 Å². The SMILES string of the molecule is CCN(CCCC(=O)N1CCOCC1)CC(C)(C)CN. The zero-order valence-corrected chi connectivity index (χ0v) is 13.4. The molecule has 0 aromatic carbocycles. The molecule has 1 heterocycles. The van der Waals surface area contributed by atoms with Gasteiger partial charge in [-0.25, -0.2) is 0 Å². The number of amides is 1. The van der Waals surface area contributed by atoms with E-state index < -0.39 is 0 Å². The summed E-state index contributed by atoms with van der Waals surface area (Å²) in [6, 6.07) is 0. The molecule has 1 saturated heterocycles. The van der Waals surface area contributed by atoms with Crippen LogP contribution in [0.25, 0.3) is 0 Å². The van der Waals surface area contributed by atoms with Crippen LogP contribution in [0.4, 0.5) is 0 Å². The molecule has 1 aliphatic heterocycles. The molecule has 0 saturated carbocycles. The first-order valence-electron chi connectivity index (χ1n) is 7.76. The fraction of sp³-hybridized carbons (Fsp3) is 0.933. The molecule has 5 heteroatoms. The topological polar surface area (TPSA) is 58.8 Å². The van der Waals surface area contributed by atoms with Gasteiger partial charge in [0.1, 0.15) is 0 Å². The minimum absolute atomic E-state index is 0.143. The summed E-state index contributed by atoms with van der Waals surface area (Å²) >= 11 is 0. The van der Waals surface area contributed by atoms with Gasteiger partial charge in [0.05, 0.1) is 13.2 Å². The smallest absolute Gasteiger partial charge is 0.222 e. The quantitative estimate of drug-likeness (QED) is 0.721. The van der Waals surface area contributed by atoms with Crippen LogP contribution in [-0.4, -0.2) is 68.2 Å². The van der Waals surface area contributed by atoms with Crippen LogP contribution in [0, 0.1) is 5.41 Å². The van der Waals surface area contributed by atoms with Crippen LogP contribution in [0.2, 0.25) is 0 Å². The lowest BCUT2D eigenvalue weighted by Crippen LogP contribution is -2.41. The summed E-state index contributed by atoms with van der Waals surface area (Å²) in [7, 11) is 0. The minimum atomic E-state index is 0.143. The van der Waals surface area contributed by atoms with Gasteiger partial charge < -0.3 is 20.3 Å². The predicted molar refractivity (Wildman–Crippen MR) is 81.6 cm³/mol. The fourth-order valence-corrected chi connectivity index (χ4v) is 2.44. The Morgan fingerprint density at radius 3 is 2.55 bits per heavy atom. The first kappa shape index (κ1) is 17.4. The molecule has 0 aliphatic carbocycles. The molecule has 0 spiro atoms. The highest BCUT2D eigenvalue weighted by atomic mass is 16.5. The lowest BCUT2D eigenvalue weighted by Gasteiger charge is -2.31. The van der Waals surface area contributed by atoms with Crippen molar-refractivity contribution in [1.82, 2.24) is 9.80 Å². The monoisotopic (exact) mass is 285 g/mol. The number of morpholine rings is 1. The summed E-state index contributed by atoms with van der Waals surface area (Å²) in [5.41, 5.74) is 5.93. The maximum absolute atomic E-state index is 12.0. The Balaban J connectivity index is 2.25. The van der Waals surface area contributed by atoms with Crippen molar-refractivity contribution in [1.29, 1.82) is 0 Å². The number of carbonyl (C=O) groups excluding carboxylic acids is 1. The van der Waals surface area contributed by atoms with E-state index in [-0.39, 0.29) is 11.3 Å². The first-order valence-corrected chi connectivity index (χ1v) is 7.76. The standard InChI is InChI=1S/C15H31N3O2/c1-4-17(13-15(2,3)12-16)7-5-6-14(19)18-8-10-20-11-9-18/h4-13,16H2,1-3H3. The second kappa shape index (κ2) is 8.60. The van der Waals surface area contributed by atoms with Crippen molar-refractivity contribution in [2.24, 2.45) is 11.1 Å². The molecular formula is C15H31N3O2. The zero-order chi connectivity index (χ0) is 15.0. The van der Waals surface area contributed by atoms with E-state index in [1.54, 1.807) is 0 Å². The van der Waals surface area contributed by atoms with Crippen molar-refractivity contribution in [3.63, 3.8) is 0 Å². The molecule has 118 valence electrons. The summed E-state index contributed by atoms with van der Waals surface area (Å²) in [5.74, 6) is 0.266. The van der Waals surface area contributed by atoms with Crippen molar-refractivity contribution >= 4 is 5.91 Å². The van der Waals surface area contributed by atoms with Gasteiger partial charge in [0, 0.05) is 26.1 Å². The Morgan fingerprint density at radius 2 is 2.00 bits per heavy atom. The second-order valence-corrected chi connectivity index (χ2v) is 6.33. The predicted octanol–water partition coefficient (Wildman–Crippen LogP) is 0.932. The molecule has 0 aromatic heterocycles. The number of ether oxygens (including phenoxy) is 1. The molecule has 20 heavy (non-hydrogen) atoms. The van der Waals surface area contributed by atoms with Gasteiger partial charge in [-0.15, -0.1) is 0 Å². The minimum Gasteiger partial charge on any atom is -0.378 e. The zero-order valence-electron chi connectivity index (χ0n) is 13.4. The Bertz CT molecular complexity index is 289. The number of carbonyl (C=O) groups is 1. The third-order valence-corrected chi connectivity index (χ3v) is 3.88.